The van der Waals surface area contributed by atoms with E-state index in [1.165, 1.54) is 69.4 Å². The van der Waals surface area contributed by atoms with Crippen LogP contribution in [0.1, 0.15) is 42.7 Å². The molecule has 3 heteroatoms. The summed E-state index contributed by atoms with van der Waals surface area (Å²) in [5.41, 5.74) is 7.29. The molecule has 140 valence electrons. The van der Waals surface area contributed by atoms with Gasteiger partial charge in [-0.1, -0.05) is 18.9 Å². The topological polar surface area (TPSA) is 21.9 Å². The number of benzene rings is 2. The molecule has 0 saturated heterocycles. The first kappa shape index (κ1) is 16.2. The van der Waals surface area contributed by atoms with Gasteiger partial charge < -0.3 is 8.98 Å². The van der Waals surface area contributed by atoms with E-state index in [-0.39, 0.29) is 0 Å². The quantitative estimate of drug-likeness (QED) is 0.201. The van der Waals surface area contributed by atoms with Crippen molar-refractivity contribution in [3.05, 3.63) is 53.9 Å². The highest BCUT2D eigenvalue weighted by Crippen LogP contribution is 2.41. The van der Waals surface area contributed by atoms with Crippen LogP contribution in [0.25, 0.3) is 43.7 Å². The highest BCUT2D eigenvalue weighted by Gasteiger charge is 2.22. The van der Waals surface area contributed by atoms with Gasteiger partial charge in [0.25, 0.3) is 0 Å². The van der Waals surface area contributed by atoms with E-state index in [9.17, 15) is 0 Å². The van der Waals surface area contributed by atoms with Crippen molar-refractivity contribution in [2.75, 3.05) is 0 Å². The third kappa shape index (κ3) is 2.07. The highest BCUT2D eigenvalue weighted by atomic mass is 16.3. The molecule has 0 aliphatic heterocycles. The van der Waals surface area contributed by atoms with Crippen LogP contribution < -0.4 is 4.57 Å². The minimum absolute atomic E-state index is 0.682. The zero-order chi connectivity index (χ0) is 19.0. The lowest BCUT2D eigenvalue weighted by Gasteiger charge is -2.17. The second-order valence-electron chi connectivity index (χ2n) is 8.58. The molecule has 0 atom stereocenters. The zero-order valence-corrected chi connectivity index (χ0v) is 16.7. The van der Waals surface area contributed by atoms with Gasteiger partial charge in [0, 0.05) is 30.3 Å². The third-order valence-electron chi connectivity index (χ3n) is 6.87. The Balaban J connectivity index is 1.81. The standard InChI is InChI=1S/C25H25N2O/c1-15-22-20(13-18-9-11-26(2)24(15)18)28-21-14-19(16-6-4-5-7-16)12-17-8-10-27(3)25(22)23(17)21/h8-14,16H,4-7H2,1-3H3/q+1. The van der Waals surface area contributed by atoms with Gasteiger partial charge >= 0.3 is 0 Å². The maximum atomic E-state index is 6.58. The predicted molar refractivity (Wildman–Crippen MR) is 115 cm³/mol. The Bertz CT molecular complexity index is 1400. The Morgan fingerprint density at radius 3 is 2.61 bits per heavy atom. The molecule has 0 spiro atoms. The number of hydrogen-bond donors (Lipinski definition) is 0. The molecule has 3 aromatic heterocycles. The van der Waals surface area contributed by atoms with Crippen LogP contribution in [0.2, 0.25) is 0 Å². The first-order valence-corrected chi connectivity index (χ1v) is 10.3. The van der Waals surface area contributed by atoms with Gasteiger partial charge in [0.1, 0.15) is 18.2 Å². The van der Waals surface area contributed by atoms with Gasteiger partial charge in [-0.15, -0.1) is 0 Å². The fourth-order valence-electron chi connectivity index (χ4n) is 5.52. The van der Waals surface area contributed by atoms with Crippen LogP contribution in [-0.4, -0.2) is 4.57 Å². The summed E-state index contributed by atoms with van der Waals surface area (Å²) >= 11 is 0. The minimum atomic E-state index is 0.682. The van der Waals surface area contributed by atoms with Crippen LogP contribution in [0.3, 0.4) is 0 Å². The molecule has 1 aliphatic rings. The molecule has 5 aromatic rings. The summed E-state index contributed by atoms with van der Waals surface area (Å²) in [6.07, 6.45) is 9.64. The molecule has 2 aromatic carbocycles. The second kappa shape index (κ2) is 5.60. The predicted octanol–water partition coefficient (Wildman–Crippen LogP) is 6.02. The Hall–Kier alpha value is -2.81. The van der Waals surface area contributed by atoms with Gasteiger partial charge in [0.05, 0.1) is 16.3 Å². The highest BCUT2D eigenvalue weighted by molar-refractivity contribution is 6.18. The number of aryl methyl sites for hydroxylation is 3. The van der Waals surface area contributed by atoms with Crippen molar-refractivity contribution in [1.29, 1.82) is 0 Å². The maximum absolute atomic E-state index is 6.58. The van der Waals surface area contributed by atoms with E-state index in [0.29, 0.717) is 5.92 Å². The third-order valence-corrected chi connectivity index (χ3v) is 6.87. The molecule has 0 unspecified atom stereocenters. The molecule has 28 heavy (non-hydrogen) atoms. The molecule has 1 fully saturated rings. The molecular weight excluding hydrogens is 344 g/mol. The van der Waals surface area contributed by atoms with Crippen LogP contribution in [0, 0.1) is 6.92 Å². The number of aromatic nitrogens is 2. The Morgan fingerprint density at radius 1 is 1.00 bits per heavy atom. The van der Waals surface area contributed by atoms with E-state index in [4.69, 9.17) is 4.42 Å². The number of fused-ring (bicyclic) bond motifs is 3. The number of rotatable bonds is 1. The van der Waals surface area contributed by atoms with Crippen LogP contribution in [0.15, 0.2) is 47.1 Å². The monoisotopic (exact) mass is 369 g/mol. The molecule has 6 rings (SSSR count). The molecule has 3 nitrogen and oxygen atoms in total. The molecule has 1 saturated carbocycles. The van der Waals surface area contributed by atoms with E-state index >= 15 is 0 Å². The molecule has 1 aliphatic carbocycles. The van der Waals surface area contributed by atoms with Gasteiger partial charge in [-0.05, 0) is 54.8 Å². The molecule has 0 N–H and O–H groups in total. The average molecular weight is 369 g/mol. The summed E-state index contributed by atoms with van der Waals surface area (Å²) in [7, 11) is 4.26. The van der Waals surface area contributed by atoms with Gasteiger partial charge in [-0.2, -0.15) is 0 Å². The van der Waals surface area contributed by atoms with Gasteiger partial charge in [-0.25, -0.2) is 4.57 Å². The molecule has 0 amide bonds. The Labute approximate surface area is 164 Å². The molecular formula is C25H25N2O+. The van der Waals surface area contributed by atoms with E-state index in [0.717, 1.165) is 11.2 Å². The fourth-order valence-corrected chi connectivity index (χ4v) is 5.52. The summed E-state index contributed by atoms with van der Waals surface area (Å²) in [6, 6.07) is 11.3. The van der Waals surface area contributed by atoms with Crippen molar-refractivity contribution in [3.63, 3.8) is 0 Å². The van der Waals surface area contributed by atoms with Crippen molar-refractivity contribution in [2.45, 2.75) is 38.5 Å². The van der Waals surface area contributed by atoms with E-state index in [2.05, 4.69) is 72.9 Å². The van der Waals surface area contributed by atoms with Crippen molar-refractivity contribution < 1.29 is 8.98 Å². The number of nitrogens with zero attached hydrogens (tertiary/aromatic N) is 2. The first-order chi connectivity index (χ1) is 13.6. The van der Waals surface area contributed by atoms with Gasteiger partial charge in [0.15, 0.2) is 6.20 Å². The first-order valence-electron chi connectivity index (χ1n) is 10.3. The van der Waals surface area contributed by atoms with E-state index in [1.54, 1.807) is 0 Å². The van der Waals surface area contributed by atoms with Crippen LogP contribution in [-0.2, 0) is 14.1 Å². The van der Waals surface area contributed by atoms with Crippen LogP contribution in [0.4, 0.5) is 0 Å². The van der Waals surface area contributed by atoms with Crippen molar-refractivity contribution in [3.8, 4) is 0 Å². The number of pyridine rings is 1. The van der Waals surface area contributed by atoms with Crippen molar-refractivity contribution in [1.82, 2.24) is 4.57 Å². The smallest absolute Gasteiger partial charge is 0.216 e. The summed E-state index contributed by atoms with van der Waals surface area (Å²) in [5, 5.41) is 5.01. The van der Waals surface area contributed by atoms with E-state index in [1.807, 2.05) is 0 Å². The summed E-state index contributed by atoms with van der Waals surface area (Å²) in [4.78, 5) is 0. The molecule has 0 radical (unpaired) electrons. The van der Waals surface area contributed by atoms with Crippen LogP contribution in [0.5, 0.6) is 0 Å². The average Bonchev–Trinajstić information content (AvgIpc) is 3.34. The fraction of sp³-hybridized carbons (Fsp3) is 0.320. The zero-order valence-electron chi connectivity index (χ0n) is 16.7. The summed E-state index contributed by atoms with van der Waals surface area (Å²) < 4.78 is 11.0. The lowest BCUT2D eigenvalue weighted by atomic mass is 9.93. The molecule has 0 bridgehead atoms. The second-order valence-corrected chi connectivity index (χ2v) is 8.58. The normalized spacial score (nSPS) is 15.7. The van der Waals surface area contributed by atoms with Crippen molar-refractivity contribution >= 4 is 43.7 Å². The maximum Gasteiger partial charge on any atom is 0.216 e. The Kier molecular flexibility index (Phi) is 3.24. The summed E-state index contributed by atoms with van der Waals surface area (Å²) in [5.74, 6) is 0.682. The van der Waals surface area contributed by atoms with Crippen LogP contribution >= 0.6 is 0 Å². The number of hydrogen-bond acceptors (Lipinski definition) is 1. The lowest BCUT2D eigenvalue weighted by Crippen LogP contribution is -2.25. The van der Waals surface area contributed by atoms with Gasteiger partial charge in [-0.3, -0.25) is 0 Å². The largest absolute Gasteiger partial charge is 0.456 e. The summed E-state index contributed by atoms with van der Waals surface area (Å²) in [6.45, 7) is 2.22. The Morgan fingerprint density at radius 2 is 1.79 bits per heavy atom. The van der Waals surface area contributed by atoms with E-state index < -0.39 is 0 Å². The lowest BCUT2D eigenvalue weighted by molar-refractivity contribution is -0.642. The SMILES string of the molecule is Cc1c2c(cc3cc[n+](C)c13)oc1cc(C3CCCC3)cc3ccn(C)c2c31. The van der Waals surface area contributed by atoms with Gasteiger partial charge in [0.2, 0.25) is 5.52 Å². The van der Waals surface area contributed by atoms with Crippen molar-refractivity contribution in [2.24, 2.45) is 14.1 Å². The molecule has 3 heterocycles. The minimum Gasteiger partial charge on any atom is -0.456 e.